The quantitative estimate of drug-likeness (QED) is 0.670. The van der Waals surface area contributed by atoms with Crippen LogP contribution >= 0.6 is 0 Å². The second-order valence-electron chi connectivity index (χ2n) is 4.65. The van der Waals surface area contributed by atoms with Gasteiger partial charge >= 0.3 is 12.0 Å². The Morgan fingerprint density at radius 2 is 2.21 bits per heavy atom. The van der Waals surface area contributed by atoms with Gasteiger partial charge < -0.3 is 20.3 Å². The molecule has 19 heavy (non-hydrogen) atoms. The third kappa shape index (κ3) is 3.01. The van der Waals surface area contributed by atoms with Gasteiger partial charge in [-0.15, -0.1) is 10.2 Å². The van der Waals surface area contributed by atoms with Crippen molar-refractivity contribution < 1.29 is 14.7 Å². The first-order chi connectivity index (χ1) is 9.07. The fraction of sp³-hybridized carbons (Fsp3) is 0.636. The zero-order valence-electron chi connectivity index (χ0n) is 10.7. The van der Waals surface area contributed by atoms with Crippen LogP contribution in [0.3, 0.4) is 0 Å². The van der Waals surface area contributed by atoms with Crippen molar-refractivity contribution in [2.24, 2.45) is 5.41 Å². The van der Waals surface area contributed by atoms with Gasteiger partial charge in [0.05, 0.1) is 12.0 Å². The normalized spacial score (nSPS) is 15.8. The molecule has 0 bridgehead atoms. The Kier molecular flexibility index (Phi) is 3.68. The van der Waals surface area contributed by atoms with Gasteiger partial charge in [-0.05, 0) is 19.8 Å². The Bertz CT molecular complexity index is 480. The van der Waals surface area contributed by atoms with Crippen molar-refractivity contribution in [2.75, 3.05) is 6.54 Å². The highest BCUT2D eigenvalue weighted by atomic mass is 16.4. The molecular formula is C11H17N5O3. The van der Waals surface area contributed by atoms with Crippen molar-refractivity contribution in [3.63, 3.8) is 0 Å². The third-order valence-corrected chi connectivity index (χ3v) is 3.34. The van der Waals surface area contributed by atoms with E-state index in [0.717, 1.165) is 6.54 Å². The van der Waals surface area contributed by atoms with Crippen molar-refractivity contribution in [1.29, 1.82) is 0 Å². The summed E-state index contributed by atoms with van der Waals surface area (Å²) in [4.78, 5) is 22.5. The fourth-order valence-corrected chi connectivity index (χ4v) is 1.77. The fourth-order valence-electron chi connectivity index (χ4n) is 1.77. The SMILES string of the molecule is CCn1cnnc1CNC(=O)NCC1(C(=O)O)CC1. The number of urea groups is 1. The lowest BCUT2D eigenvalue weighted by molar-refractivity contribution is -0.143. The summed E-state index contributed by atoms with van der Waals surface area (Å²) >= 11 is 0. The van der Waals surface area contributed by atoms with E-state index in [4.69, 9.17) is 5.11 Å². The van der Waals surface area contributed by atoms with Crippen LogP contribution in [-0.4, -0.2) is 38.4 Å². The second-order valence-corrected chi connectivity index (χ2v) is 4.65. The summed E-state index contributed by atoms with van der Waals surface area (Å²) in [5.41, 5.74) is -0.749. The summed E-state index contributed by atoms with van der Waals surface area (Å²) in [5.74, 6) is -0.185. The van der Waals surface area contributed by atoms with E-state index in [9.17, 15) is 9.59 Å². The van der Waals surface area contributed by atoms with Crippen LogP contribution in [0.15, 0.2) is 6.33 Å². The molecule has 2 amide bonds. The molecule has 8 nitrogen and oxygen atoms in total. The van der Waals surface area contributed by atoms with Crippen molar-refractivity contribution in [2.45, 2.75) is 32.9 Å². The van der Waals surface area contributed by atoms with E-state index in [1.807, 2.05) is 11.5 Å². The lowest BCUT2D eigenvalue weighted by atomic mass is 10.1. The Hall–Kier alpha value is -2.12. The number of aliphatic carboxylic acids is 1. The molecule has 1 heterocycles. The molecule has 1 aliphatic carbocycles. The molecule has 1 aliphatic rings. The van der Waals surface area contributed by atoms with Gasteiger partial charge in [0.15, 0.2) is 5.82 Å². The lowest BCUT2D eigenvalue weighted by Crippen LogP contribution is -2.40. The van der Waals surface area contributed by atoms with Crippen LogP contribution in [0, 0.1) is 5.41 Å². The maximum atomic E-state index is 11.6. The lowest BCUT2D eigenvalue weighted by Gasteiger charge is -2.12. The zero-order valence-corrected chi connectivity index (χ0v) is 10.7. The number of carbonyl (C=O) groups excluding carboxylic acids is 1. The zero-order chi connectivity index (χ0) is 13.9. The minimum atomic E-state index is -0.849. The van der Waals surface area contributed by atoms with E-state index in [1.54, 1.807) is 6.33 Å². The predicted octanol–water partition coefficient (Wildman–Crippen LogP) is -0.0380. The second kappa shape index (κ2) is 5.25. The highest BCUT2D eigenvalue weighted by molar-refractivity contribution is 5.80. The van der Waals surface area contributed by atoms with Crippen molar-refractivity contribution in [3.05, 3.63) is 12.2 Å². The molecule has 3 N–H and O–H groups in total. The molecule has 0 radical (unpaired) electrons. The van der Waals surface area contributed by atoms with Crippen LogP contribution < -0.4 is 10.6 Å². The van der Waals surface area contributed by atoms with Gasteiger partial charge in [0.1, 0.15) is 6.33 Å². The topological polar surface area (TPSA) is 109 Å². The maximum Gasteiger partial charge on any atom is 0.315 e. The summed E-state index contributed by atoms with van der Waals surface area (Å²) in [6, 6.07) is -0.391. The van der Waals surface area contributed by atoms with Gasteiger partial charge in [0, 0.05) is 13.1 Å². The number of hydrogen-bond donors (Lipinski definition) is 3. The number of nitrogens with zero attached hydrogens (tertiary/aromatic N) is 3. The summed E-state index contributed by atoms with van der Waals surface area (Å²) < 4.78 is 1.82. The highest BCUT2D eigenvalue weighted by Crippen LogP contribution is 2.45. The number of carbonyl (C=O) groups is 2. The monoisotopic (exact) mass is 267 g/mol. The first-order valence-corrected chi connectivity index (χ1v) is 6.19. The minimum absolute atomic E-state index is 0.161. The van der Waals surface area contributed by atoms with E-state index in [0.29, 0.717) is 18.7 Å². The first kappa shape index (κ1) is 13.3. The predicted molar refractivity (Wildman–Crippen MR) is 65.2 cm³/mol. The molecule has 0 spiro atoms. The Balaban J connectivity index is 1.75. The van der Waals surface area contributed by atoms with Crippen molar-refractivity contribution in [3.8, 4) is 0 Å². The Labute approximate surface area is 110 Å². The van der Waals surface area contributed by atoms with Gasteiger partial charge in [-0.2, -0.15) is 0 Å². The molecule has 1 fully saturated rings. The van der Waals surface area contributed by atoms with Crippen LogP contribution in [0.5, 0.6) is 0 Å². The number of carboxylic acid groups (broad SMARTS) is 1. The molecule has 0 atom stereocenters. The van der Waals surface area contributed by atoms with Gasteiger partial charge in [0.2, 0.25) is 0 Å². The largest absolute Gasteiger partial charge is 0.481 e. The van der Waals surface area contributed by atoms with Crippen LogP contribution in [0.2, 0.25) is 0 Å². The van der Waals surface area contributed by atoms with Crippen LogP contribution in [0.4, 0.5) is 4.79 Å². The third-order valence-electron chi connectivity index (χ3n) is 3.34. The summed E-state index contributed by atoms with van der Waals surface area (Å²) in [6.45, 7) is 3.11. The number of aromatic nitrogens is 3. The Morgan fingerprint density at radius 1 is 1.47 bits per heavy atom. The number of amides is 2. The van der Waals surface area contributed by atoms with Crippen molar-refractivity contribution >= 4 is 12.0 Å². The molecule has 0 unspecified atom stereocenters. The van der Waals surface area contributed by atoms with Crippen LogP contribution in [0.1, 0.15) is 25.6 Å². The average molecular weight is 267 g/mol. The maximum absolute atomic E-state index is 11.6. The van der Waals surface area contributed by atoms with E-state index in [-0.39, 0.29) is 13.1 Å². The standard InChI is InChI=1S/C11H17N5O3/c1-2-16-7-14-15-8(16)5-12-10(19)13-6-11(3-4-11)9(17)18/h7H,2-6H2,1H3,(H,17,18)(H2,12,13,19). The molecule has 8 heteroatoms. The number of carboxylic acids is 1. The van der Waals surface area contributed by atoms with Gasteiger partial charge in [-0.3, -0.25) is 4.79 Å². The van der Waals surface area contributed by atoms with E-state index >= 15 is 0 Å². The van der Waals surface area contributed by atoms with Gasteiger partial charge in [-0.1, -0.05) is 0 Å². The highest BCUT2D eigenvalue weighted by Gasteiger charge is 2.50. The summed E-state index contributed by atoms with van der Waals surface area (Å²) in [6.07, 6.45) is 2.83. The van der Waals surface area contributed by atoms with Crippen LogP contribution in [0.25, 0.3) is 0 Å². The van der Waals surface area contributed by atoms with E-state index in [1.165, 1.54) is 0 Å². The molecule has 0 aromatic carbocycles. The van der Waals surface area contributed by atoms with Gasteiger partial charge in [0.25, 0.3) is 0 Å². The summed E-state index contributed by atoms with van der Waals surface area (Å²) in [7, 11) is 0. The molecule has 2 rings (SSSR count). The minimum Gasteiger partial charge on any atom is -0.481 e. The van der Waals surface area contributed by atoms with E-state index in [2.05, 4.69) is 20.8 Å². The molecular weight excluding hydrogens is 250 g/mol. The van der Waals surface area contributed by atoms with E-state index < -0.39 is 17.4 Å². The molecule has 1 aromatic heterocycles. The molecule has 0 aliphatic heterocycles. The number of rotatable bonds is 6. The molecule has 1 saturated carbocycles. The number of hydrogen-bond acceptors (Lipinski definition) is 4. The summed E-state index contributed by atoms with van der Waals surface area (Å²) in [5, 5.41) is 21.8. The smallest absolute Gasteiger partial charge is 0.315 e. The molecule has 0 saturated heterocycles. The first-order valence-electron chi connectivity index (χ1n) is 6.19. The van der Waals surface area contributed by atoms with Crippen molar-refractivity contribution in [1.82, 2.24) is 25.4 Å². The Morgan fingerprint density at radius 3 is 2.79 bits per heavy atom. The van der Waals surface area contributed by atoms with Crippen LogP contribution in [-0.2, 0) is 17.9 Å². The average Bonchev–Trinajstić information content (AvgIpc) is 3.06. The molecule has 1 aromatic rings. The van der Waals surface area contributed by atoms with Gasteiger partial charge in [-0.25, -0.2) is 4.79 Å². The number of aryl methyl sites for hydroxylation is 1. The molecule has 104 valence electrons. The number of nitrogens with one attached hydrogen (secondary N) is 2.